The average molecular weight is 388 g/mol. The molecule has 3 atom stereocenters. The van der Waals surface area contributed by atoms with E-state index in [9.17, 15) is 14.7 Å². The molecule has 1 fully saturated rings. The molecule has 2 heterocycles. The van der Waals surface area contributed by atoms with Crippen LogP contribution in [0.5, 0.6) is 0 Å². The second kappa shape index (κ2) is 8.06. The van der Waals surface area contributed by atoms with Crippen LogP contribution < -0.4 is 5.32 Å². The van der Waals surface area contributed by atoms with E-state index >= 15 is 0 Å². The van der Waals surface area contributed by atoms with Crippen LogP contribution >= 0.6 is 11.6 Å². The highest BCUT2D eigenvalue weighted by molar-refractivity contribution is 6.30. The molecule has 0 unspecified atom stereocenters. The van der Waals surface area contributed by atoms with Gasteiger partial charge in [0.05, 0.1) is 18.2 Å². The van der Waals surface area contributed by atoms with E-state index < -0.39 is 17.9 Å². The lowest BCUT2D eigenvalue weighted by Gasteiger charge is -2.26. The molecule has 1 saturated heterocycles. The summed E-state index contributed by atoms with van der Waals surface area (Å²) >= 11 is 6.11. The number of likely N-dealkylation sites (tertiary alicyclic amines) is 1. The van der Waals surface area contributed by atoms with Crippen LogP contribution in [-0.2, 0) is 16.1 Å². The molecule has 1 aromatic heterocycles. The van der Waals surface area contributed by atoms with E-state index in [0.717, 1.165) is 16.8 Å². The zero-order chi connectivity index (χ0) is 19.6. The van der Waals surface area contributed by atoms with Crippen LogP contribution in [0.15, 0.2) is 42.6 Å². The molecule has 3 rings (SSSR count). The molecule has 2 N–H and O–H groups in total. The summed E-state index contributed by atoms with van der Waals surface area (Å²) in [5.41, 5.74) is 2.63. The van der Waals surface area contributed by atoms with E-state index in [1.54, 1.807) is 30.3 Å². The molecule has 6 nitrogen and oxygen atoms in total. The largest absolute Gasteiger partial charge is 0.480 e. The number of carbonyl (C=O) groups excluding carboxylic acids is 1. The Morgan fingerprint density at radius 2 is 2.11 bits per heavy atom. The molecular weight excluding hydrogens is 366 g/mol. The van der Waals surface area contributed by atoms with Crippen molar-refractivity contribution in [1.29, 1.82) is 0 Å². The van der Waals surface area contributed by atoms with Gasteiger partial charge in [0.2, 0.25) is 5.91 Å². The Hall–Kier alpha value is -2.44. The SMILES string of the molecule is Cc1cccnc1CNC(=O)[C@H]1C[C@@H](C(=O)O)N(C)[C@H]1c1cccc(Cl)c1. The number of halogens is 1. The average Bonchev–Trinajstić information content (AvgIpc) is 2.98. The minimum atomic E-state index is -0.930. The molecule has 2 aromatic rings. The van der Waals surface area contributed by atoms with Crippen molar-refractivity contribution < 1.29 is 14.7 Å². The van der Waals surface area contributed by atoms with Crippen LogP contribution in [-0.4, -0.2) is 40.0 Å². The third-order valence-corrected chi connectivity index (χ3v) is 5.38. The summed E-state index contributed by atoms with van der Waals surface area (Å²) in [7, 11) is 1.74. The number of pyridine rings is 1. The van der Waals surface area contributed by atoms with Gasteiger partial charge < -0.3 is 10.4 Å². The van der Waals surface area contributed by atoms with Crippen LogP contribution in [0, 0.1) is 12.8 Å². The van der Waals surface area contributed by atoms with Crippen molar-refractivity contribution in [3.8, 4) is 0 Å². The van der Waals surface area contributed by atoms with Crippen LogP contribution in [0.1, 0.15) is 29.3 Å². The maximum atomic E-state index is 12.9. The Kier molecular flexibility index (Phi) is 5.77. The molecule has 1 aliphatic rings. The van der Waals surface area contributed by atoms with Gasteiger partial charge in [-0.3, -0.25) is 19.5 Å². The Morgan fingerprint density at radius 1 is 1.33 bits per heavy atom. The number of nitrogens with zero attached hydrogens (tertiary/aromatic N) is 2. The number of hydrogen-bond donors (Lipinski definition) is 2. The molecule has 0 saturated carbocycles. The van der Waals surface area contributed by atoms with Gasteiger partial charge in [0.1, 0.15) is 6.04 Å². The number of amides is 1. The number of hydrogen-bond acceptors (Lipinski definition) is 4. The quantitative estimate of drug-likeness (QED) is 0.824. The summed E-state index contributed by atoms with van der Waals surface area (Å²) in [4.78, 5) is 30.6. The number of carboxylic acids is 1. The summed E-state index contributed by atoms with van der Waals surface area (Å²) in [6.45, 7) is 2.25. The Balaban J connectivity index is 1.83. The first-order valence-corrected chi connectivity index (χ1v) is 9.14. The maximum absolute atomic E-state index is 12.9. The van der Waals surface area contributed by atoms with Gasteiger partial charge in [0.25, 0.3) is 0 Å². The monoisotopic (exact) mass is 387 g/mol. The number of benzene rings is 1. The molecule has 1 aromatic carbocycles. The highest BCUT2D eigenvalue weighted by Gasteiger charge is 2.46. The number of aromatic nitrogens is 1. The first-order valence-electron chi connectivity index (χ1n) is 8.77. The Labute approximate surface area is 163 Å². The van der Waals surface area contributed by atoms with Crippen molar-refractivity contribution in [2.45, 2.75) is 32.0 Å². The molecular formula is C20H22ClN3O3. The lowest BCUT2D eigenvalue weighted by atomic mass is 9.92. The smallest absolute Gasteiger partial charge is 0.320 e. The number of nitrogens with one attached hydrogen (secondary N) is 1. The van der Waals surface area contributed by atoms with E-state index in [1.807, 2.05) is 31.2 Å². The first kappa shape index (κ1) is 19.3. The number of aryl methyl sites for hydroxylation is 1. The minimum absolute atomic E-state index is 0.180. The molecule has 142 valence electrons. The number of aliphatic carboxylic acids is 1. The summed E-state index contributed by atoms with van der Waals surface area (Å²) in [6.07, 6.45) is 1.93. The van der Waals surface area contributed by atoms with Crippen molar-refractivity contribution in [2.24, 2.45) is 5.92 Å². The zero-order valence-electron chi connectivity index (χ0n) is 15.2. The van der Waals surface area contributed by atoms with Crippen molar-refractivity contribution in [2.75, 3.05) is 7.05 Å². The minimum Gasteiger partial charge on any atom is -0.480 e. The number of rotatable bonds is 5. The normalized spacial score (nSPS) is 22.6. The highest BCUT2D eigenvalue weighted by atomic mass is 35.5. The van der Waals surface area contributed by atoms with E-state index in [1.165, 1.54) is 0 Å². The van der Waals surface area contributed by atoms with Crippen LogP contribution in [0.4, 0.5) is 0 Å². The third kappa shape index (κ3) is 4.12. The molecule has 1 aliphatic heterocycles. The van der Waals surface area contributed by atoms with E-state index in [2.05, 4.69) is 10.3 Å². The van der Waals surface area contributed by atoms with Crippen molar-refractivity contribution in [1.82, 2.24) is 15.2 Å². The summed E-state index contributed by atoms with van der Waals surface area (Å²) < 4.78 is 0. The number of carbonyl (C=O) groups is 2. The number of likely N-dealkylation sites (N-methyl/N-ethyl adjacent to an activating group) is 1. The van der Waals surface area contributed by atoms with E-state index in [0.29, 0.717) is 11.6 Å². The summed E-state index contributed by atoms with van der Waals surface area (Å²) in [5, 5.41) is 13.0. The van der Waals surface area contributed by atoms with Gasteiger partial charge in [-0.2, -0.15) is 0 Å². The molecule has 0 spiro atoms. The van der Waals surface area contributed by atoms with E-state index in [4.69, 9.17) is 11.6 Å². The standard InChI is InChI=1S/C20H22ClN3O3/c1-12-5-4-8-22-16(12)11-23-19(25)15-10-17(20(26)27)24(2)18(15)13-6-3-7-14(21)9-13/h3-9,15,17-18H,10-11H2,1-2H3,(H,23,25)(H,26,27)/t15-,17-,18-/m0/s1. The lowest BCUT2D eigenvalue weighted by Crippen LogP contribution is -2.36. The molecule has 27 heavy (non-hydrogen) atoms. The van der Waals surface area contributed by atoms with Crippen molar-refractivity contribution in [3.63, 3.8) is 0 Å². The van der Waals surface area contributed by atoms with Gasteiger partial charge in [0, 0.05) is 17.3 Å². The second-order valence-corrected chi connectivity index (χ2v) is 7.28. The second-order valence-electron chi connectivity index (χ2n) is 6.85. The summed E-state index contributed by atoms with van der Waals surface area (Å²) in [5.74, 6) is -1.60. The fourth-order valence-electron chi connectivity index (χ4n) is 3.70. The van der Waals surface area contributed by atoms with Gasteiger partial charge in [-0.05, 0) is 49.7 Å². The van der Waals surface area contributed by atoms with Crippen LogP contribution in [0.2, 0.25) is 5.02 Å². The predicted octanol–water partition coefficient (Wildman–Crippen LogP) is 2.81. The zero-order valence-corrected chi connectivity index (χ0v) is 16.0. The van der Waals surface area contributed by atoms with Gasteiger partial charge in [-0.25, -0.2) is 0 Å². The fourth-order valence-corrected chi connectivity index (χ4v) is 3.90. The number of carboxylic acid groups (broad SMARTS) is 1. The lowest BCUT2D eigenvalue weighted by molar-refractivity contribution is -0.142. The van der Waals surface area contributed by atoms with Crippen LogP contribution in [0.25, 0.3) is 0 Å². The first-order chi connectivity index (χ1) is 12.9. The molecule has 0 aliphatic carbocycles. The van der Waals surface area contributed by atoms with Gasteiger partial charge in [-0.1, -0.05) is 29.8 Å². The highest BCUT2D eigenvalue weighted by Crippen LogP contribution is 2.40. The van der Waals surface area contributed by atoms with Crippen molar-refractivity contribution >= 4 is 23.5 Å². The molecule has 0 radical (unpaired) electrons. The Morgan fingerprint density at radius 3 is 2.78 bits per heavy atom. The van der Waals surface area contributed by atoms with Gasteiger partial charge in [0.15, 0.2) is 0 Å². The van der Waals surface area contributed by atoms with Crippen molar-refractivity contribution in [3.05, 3.63) is 64.4 Å². The predicted molar refractivity (Wildman–Crippen MR) is 102 cm³/mol. The summed E-state index contributed by atoms with van der Waals surface area (Å²) in [6, 6.07) is 9.94. The molecule has 0 bridgehead atoms. The van der Waals surface area contributed by atoms with E-state index in [-0.39, 0.29) is 18.4 Å². The molecule has 1 amide bonds. The van der Waals surface area contributed by atoms with Gasteiger partial charge >= 0.3 is 5.97 Å². The Bertz CT molecular complexity index is 858. The van der Waals surface area contributed by atoms with Crippen LogP contribution in [0.3, 0.4) is 0 Å². The fraction of sp³-hybridized carbons (Fsp3) is 0.350. The third-order valence-electron chi connectivity index (χ3n) is 5.15. The topological polar surface area (TPSA) is 82.5 Å². The maximum Gasteiger partial charge on any atom is 0.320 e. The van der Waals surface area contributed by atoms with Gasteiger partial charge in [-0.15, -0.1) is 0 Å². The molecule has 7 heteroatoms.